The van der Waals surface area contributed by atoms with E-state index in [0.717, 1.165) is 6.42 Å². The van der Waals surface area contributed by atoms with E-state index >= 15 is 0 Å². The van der Waals surface area contributed by atoms with Crippen LogP contribution in [-0.2, 0) is 14.3 Å². The summed E-state index contributed by atoms with van der Waals surface area (Å²) in [5.41, 5.74) is 0.927. The van der Waals surface area contributed by atoms with Gasteiger partial charge in [0.05, 0.1) is 5.92 Å². The number of rotatable bonds is 5. The quantitative estimate of drug-likeness (QED) is 0.798. The van der Waals surface area contributed by atoms with E-state index in [1.807, 2.05) is 6.92 Å². The van der Waals surface area contributed by atoms with Gasteiger partial charge in [-0.05, 0) is 30.5 Å². The Labute approximate surface area is 122 Å². The van der Waals surface area contributed by atoms with Crippen LogP contribution in [0.5, 0.6) is 0 Å². The van der Waals surface area contributed by atoms with Crippen molar-refractivity contribution in [1.82, 2.24) is 5.32 Å². The molecule has 6 heteroatoms. The first-order chi connectivity index (χ1) is 10.0. The normalized spacial score (nSPS) is 19.5. The zero-order chi connectivity index (χ0) is 15.4. The first-order valence-corrected chi connectivity index (χ1v) is 6.80. The lowest BCUT2D eigenvalue weighted by atomic mass is 10.2. The summed E-state index contributed by atoms with van der Waals surface area (Å²) in [5.74, 6) is -0.693. The van der Waals surface area contributed by atoms with Crippen LogP contribution >= 0.6 is 0 Å². The van der Waals surface area contributed by atoms with Crippen LogP contribution in [0.2, 0.25) is 0 Å². The summed E-state index contributed by atoms with van der Waals surface area (Å²) in [6.45, 7) is 1.66. The Balaban J connectivity index is 1.84. The first-order valence-electron chi connectivity index (χ1n) is 6.80. The highest BCUT2D eigenvalue weighted by Crippen LogP contribution is 2.38. The van der Waals surface area contributed by atoms with E-state index < -0.39 is 5.91 Å². The largest absolute Gasteiger partial charge is 0.455 e. The van der Waals surface area contributed by atoms with Crippen molar-refractivity contribution in [2.45, 2.75) is 13.3 Å². The number of anilines is 1. The Hall–Kier alpha value is -2.37. The van der Waals surface area contributed by atoms with Gasteiger partial charge < -0.3 is 15.4 Å². The van der Waals surface area contributed by atoms with E-state index in [1.54, 1.807) is 24.3 Å². The minimum atomic E-state index is -0.425. The average molecular weight is 290 g/mol. The number of hydrogen-bond donors (Lipinski definition) is 2. The molecular formula is C15H18N2O4. The molecule has 112 valence electrons. The van der Waals surface area contributed by atoms with Gasteiger partial charge in [0.2, 0.25) is 0 Å². The second-order valence-corrected chi connectivity index (χ2v) is 5.14. The van der Waals surface area contributed by atoms with Crippen LogP contribution < -0.4 is 10.6 Å². The Morgan fingerprint density at radius 1 is 1.33 bits per heavy atom. The van der Waals surface area contributed by atoms with Crippen molar-refractivity contribution >= 4 is 23.5 Å². The molecule has 0 spiro atoms. The minimum Gasteiger partial charge on any atom is -0.455 e. The van der Waals surface area contributed by atoms with Crippen LogP contribution in [0, 0.1) is 11.8 Å². The van der Waals surface area contributed by atoms with Crippen LogP contribution in [-0.4, -0.2) is 31.4 Å². The van der Waals surface area contributed by atoms with Crippen molar-refractivity contribution < 1.29 is 19.1 Å². The maximum Gasteiger partial charge on any atom is 0.309 e. The monoisotopic (exact) mass is 290 g/mol. The third-order valence-corrected chi connectivity index (χ3v) is 3.39. The number of benzene rings is 1. The highest BCUT2D eigenvalue weighted by atomic mass is 16.5. The minimum absolute atomic E-state index is 0.0608. The fourth-order valence-electron chi connectivity index (χ4n) is 1.97. The van der Waals surface area contributed by atoms with Gasteiger partial charge >= 0.3 is 5.97 Å². The fraction of sp³-hybridized carbons (Fsp3) is 0.400. The molecule has 0 heterocycles. The molecule has 2 amide bonds. The number of amides is 2. The molecule has 1 aromatic carbocycles. The van der Waals surface area contributed by atoms with Gasteiger partial charge in [0.15, 0.2) is 6.61 Å². The van der Waals surface area contributed by atoms with Crippen molar-refractivity contribution in [3.8, 4) is 0 Å². The molecule has 1 aromatic rings. The predicted molar refractivity (Wildman–Crippen MR) is 76.7 cm³/mol. The summed E-state index contributed by atoms with van der Waals surface area (Å²) in [6, 6.07) is 6.53. The van der Waals surface area contributed by atoms with Gasteiger partial charge in [-0.15, -0.1) is 0 Å². The number of ether oxygens (including phenoxy) is 1. The number of carbonyl (C=O) groups excluding carboxylic acids is 3. The van der Waals surface area contributed by atoms with Gasteiger partial charge in [0.25, 0.3) is 11.8 Å². The number of carbonyl (C=O) groups is 3. The first kappa shape index (κ1) is 15.0. The highest BCUT2D eigenvalue weighted by Gasteiger charge is 2.40. The SMILES string of the molecule is CNC(=O)c1cccc(NC(=O)COC(=O)[C@H]2C[C@@H]2C)c1. The Morgan fingerprint density at radius 2 is 2.05 bits per heavy atom. The Kier molecular flexibility index (Phi) is 4.57. The van der Waals surface area contributed by atoms with Crippen LogP contribution in [0.3, 0.4) is 0 Å². The van der Waals surface area contributed by atoms with Crippen molar-refractivity contribution in [2.75, 3.05) is 19.0 Å². The fourth-order valence-corrected chi connectivity index (χ4v) is 1.97. The maximum absolute atomic E-state index is 11.7. The zero-order valence-electron chi connectivity index (χ0n) is 12.0. The summed E-state index contributed by atoms with van der Waals surface area (Å²) >= 11 is 0. The van der Waals surface area contributed by atoms with Crippen LogP contribution in [0.25, 0.3) is 0 Å². The number of nitrogens with one attached hydrogen (secondary N) is 2. The molecule has 1 fully saturated rings. The summed E-state index contributed by atoms with van der Waals surface area (Å²) in [7, 11) is 1.53. The second kappa shape index (κ2) is 6.39. The van der Waals surface area contributed by atoms with Crippen molar-refractivity contribution in [3.63, 3.8) is 0 Å². The second-order valence-electron chi connectivity index (χ2n) is 5.14. The van der Waals surface area contributed by atoms with Crippen molar-refractivity contribution in [3.05, 3.63) is 29.8 Å². The molecule has 2 rings (SSSR count). The standard InChI is InChI=1S/C15H18N2O4/c1-9-6-12(9)15(20)21-8-13(18)17-11-5-3-4-10(7-11)14(19)16-2/h3-5,7,9,12H,6,8H2,1-2H3,(H,16,19)(H,17,18)/t9-,12-/m0/s1. The average Bonchev–Trinajstić information content (AvgIpc) is 3.21. The third-order valence-electron chi connectivity index (χ3n) is 3.39. The van der Waals surface area contributed by atoms with E-state index in [2.05, 4.69) is 10.6 Å². The summed E-state index contributed by atoms with van der Waals surface area (Å²) < 4.78 is 4.94. The molecule has 1 aliphatic carbocycles. The van der Waals surface area contributed by atoms with Crippen molar-refractivity contribution in [1.29, 1.82) is 0 Å². The molecule has 0 bridgehead atoms. The molecule has 1 aliphatic rings. The molecular weight excluding hydrogens is 272 g/mol. The highest BCUT2D eigenvalue weighted by molar-refractivity contribution is 5.97. The zero-order valence-corrected chi connectivity index (χ0v) is 12.0. The molecule has 21 heavy (non-hydrogen) atoms. The smallest absolute Gasteiger partial charge is 0.309 e. The van der Waals surface area contributed by atoms with Crippen molar-refractivity contribution in [2.24, 2.45) is 11.8 Å². The summed E-state index contributed by atoms with van der Waals surface area (Å²) in [4.78, 5) is 34.7. The molecule has 2 atom stereocenters. The van der Waals surface area contributed by atoms with E-state index in [0.29, 0.717) is 17.2 Å². The molecule has 0 unspecified atom stereocenters. The van der Waals surface area contributed by atoms with Crippen LogP contribution in [0.1, 0.15) is 23.7 Å². The number of esters is 1. The van der Waals surface area contributed by atoms with Gasteiger partial charge in [0, 0.05) is 18.3 Å². The van der Waals surface area contributed by atoms with Gasteiger partial charge in [-0.2, -0.15) is 0 Å². The Morgan fingerprint density at radius 3 is 2.67 bits per heavy atom. The third kappa shape index (κ3) is 4.05. The molecule has 0 aromatic heterocycles. The molecule has 2 N–H and O–H groups in total. The molecule has 6 nitrogen and oxygen atoms in total. The summed E-state index contributed by atoms with van der Waals surface area (Å²) in [5, 5.41) is 5.10. The van der Waals surface area contributed by atoms with Gasteiger partial charge in [-0.25, -0.2) is 0 Å². The Bertz CT molecular complexity index is 571. The molecule has 0 aliphatic heterocycles. The number of hydrogen-bond acceptors (Lipinski definition) is 4. The van der Waals surface area contributed by atoms with Gasteiger partial charge in [-0.3, -0.25) is 14.4 Å². The van der Waals surface area contributed by atoms with E-state index in [9.17, 15) is 14.4 Å². The summed E-state index contributed by atoms with van der Waals surface area (Å²) in [6.07, 6.45) is 0.828. The molecule has 0 saturated heterocycles. The maximum atomic E-state index is 11.7. The van der Waals surface area contributed by atoms with E-state index in [1.165, 1.54) is 7.05 Å². The lowest BCUT2D eigenvalue weighted by Crippen LogP contribution is -2.22. The lowest BCUT2D eigenvalue weighted by molar-refractivity contribution is -0.148. The van der Waals surface area contributed by atoms with Crippen LogP contribution in [0.15, 0.2) is 24.3 Å². The van der Waals surface area contributed by atoms with Crippen LogP contribution in [0.4, 0.5) is 5.69 Å². The molecule has 0 radical (unpaired) electrons. The van der Waals surface area contributed by atoms with Gasteiger partial charge in [-0.1, -0.05) is 13.0 Å². The van der Waals surface area contributed by atoms with Gasteiger partial charge in [0.1, 0.15) is 0 Å². The van der Waals surface area contributed by atoms with E-state index in [-0.39, 0.29) is 24.4 Å². The lowest BCUT2D eigenvalue weighted by Gasteiger charge is -2.07. The molecule has 1 saturated carbocycles. The topological polar surface area (TPSA) is 84.5 Å². The predicted octanol–water partition coefficient (Wildman–Crippen LogP) is 1.18. The van der Waals surface area contributed by atoms with E-state index in [4.69, 9.17) is 4.74 Å².